The molecule has 0 aliphatic heterocycles. The van der Waals surface area contributed by atoms with E-state index in [4.69, 9.17) is 23.2 Å². The fraction of sp³-hybridized carbons (Fsp3) is 0.0625. The van der Waals surface area contributed by atoms with Gasteiger partial charge in [-0.1, -0.05) is 71.7 Å². The molecule has 0 fully saturated rings. The molecular formula is C16H14Cl2N2. The predicted molar refractivity (Wildman–Crippen MR) is 88.2 cm³/mol. The molecular weight excluding hydrogens is 291 g/mol. The van der Waals surface area contributed by atoms with Crippen LogP contribution in [0.5, 0.6) is 0 Å². The molecule has 0 aromatic heterocycles. The standard InChI is InChI=1S/C16H14Cl2N2/c1-12(19-14-10-6-3-7-11-14)20-15(16(17)18)13-8-4-2-5-9-13/h2-11H,1H3,(H,19,20). The van der Waals surface area contributed by atoms with E-state index in [1.165, 1.54) is 0 Å². The maximum absolute atomic E-state index is 5.94. The summed E-state index contributed by atoms with van der Waals surface area (Å²) in [6.45, 7) is 1.87. The van der Waals surface area contributed by atoms with Crippen LogP contribution in [0.15, 0.2) is 70.1 Å². The van der Waals surface area contributed by atoms with E-state index in [1.54, 1.807) is 0 Å². The van der Waals surface area contributed by atoms with Crippen LogP contribution in [-0.4, -0.2) is 5.84 Å². The molecule has 0 saturated carbocycles. The summed E-state index contributed by atoms with van der Waals surface area (Å²) in [4.78, 5) is 4.46. The maximum atomic E-state index is 5.94. The summed E-state index contributed by atoms with van der Waals surface area (Å²) in [5.74, 6) is 0.717. The highest BCUT2D eigenvalue weighted by Gasteiger charge is 2.05. The molecule has 0 bridgehead atoms. The minimum Gasteiger partial charge on any atom is -0.344 e. The number of anilines is 1. The molecule has 0 saturated heterocycles. The molecule has 0 heterocycles. The van der Waals surface area contributed by atoms with Crippen LogP contribution in [0, 0.1) is 0 Å². The van der Waals surface area contributed by atoms with Crippen molar-refractivity contribution in [2.24, 2.45) is 4.99 Å². The van der Waals surface area contributed by atoms with Crippen LogP contribution in [0.25, 0.3) is 5.70 Å². The van der Waals surface area contributed by atoms with E-state index in [9.17, 15) is 0 Å². The second-order valence-corrected chi connectivity index (χ2v) is 5.11. The lowest BCUT2D eigenvalue weighted by molar-refractivity contribution is 1.46. The van der Waals surface area contributed by atoms with Gasteiger partial charge in [0.1, 0.15) is 16.0 Å². The Labute approximate surface area is 128 Å². The number of halogens is 2. The van der Waals surface area contributed by atoms with Gasteiger partial charge in [0.05, 0.1) is 0 Å². The summed E-state index contributed by atoms with van der Waals surface area (Å²) >= 11 is 11.9. The SMILES string of the molecule is CC(=NC(=C(Cl)Cl)c1ccccc1)Nc1ccccc1. The molecule has 1 N–H and O–H groups in total. The molecule has 0 aliphatic rings. The van der Waals surface area contributed by atoms with E-state index < -0.39 is 0 Å². The zero-order valence-electron chi connectivity index (χ0n) is 11.0. The van der Waals surface area contributed by atoms with E-state index in [2.05, 4.69) is 10.3 Å². The number of amidine groups is 1. The largest absolute Gasteiger partial charge is 0.344 e. The monoisotopic (exact) mass is 304 g/mol. The molecule has 20 heavy (non-hydrogen) atoms. The molecule has 102 valence electrons. The molecule has 0 amide bonds. The topological polar surface area (TPSA) is 24.4 Å². The van der Waals surface area contributed by atoms with Gasteiger partial charge < -0.3 is 5.32 Å². The van der Waals surface area contributed by atoms with Crippen molar-refractivity contribution < 1.29 is 0 Å². The summed E-state index contributed by atoms with van der Waals surface area (Å²) in [6, 6.07) is 19.4. The molecule has 0 aliphatic carbocycles. The number of benzene rings is 2. The Balaban J connectivity index is 2.25. The van der Waals surface area contributed by atoms with Gasteiger partial charge in [0.2, 0.25) is 0 Å². The summed E-state index contributed by atoms with van der Waals surface area (Å²) in [5.41, 5.74) is 2.39. The number of para-hydroxylation sites is 1. The highest BCUT2D eigenvalue weighted by atomic mass is 35.5. The smallest absolute Gasteiger partial charge is 0.133 e. The lowest BCUT2D eigenvalue weighted by Gasteiger charge is -2.08. The zero-order chi connectivity index (χ0) is 14.4. The zero-order valence-corrected chi connectivity index (χ0v) is 12.5. The third kappa shape index (κ3) is 4.12. The van der Waals surface area contributed by atoms with E-state index in [1.807, 2.05) is 67.6 Å². The number of hydrogen-bond donors (Lipinski definition) is 1. The average Bonchev–Trinajstić information content (AvgIpc) is 2.46. The molecule has 2 rings (SSSR count). The molecule has 0 spiro atoms. The van der Waals surface area contributed by atoms with Crippen LogP contribution < -0.4 is 5.32 Å². The lowest BCUT2D eigenvalue weighted by atomic mass is 10.2. The first-order valence-electron chi connectivity index (χ1n) is 6.15. The molecule has 2 aromatic carbocycles. The number of hydrogen-bond acceptors (Lipinski definition) is 1. The number of nitrogens with one attached hydrogen (secondary N) is 1. The van der Waals surface area contributed by atoms with Gasteiger partial charge in [-0.2, -0.15) is 0 Å². The van der Waals surface area contributed by atoms with Crippen molar-refractivity contribution in [2.75, 3.05) is 5.32 Å². The van der Waals surface area contributed by atoms with Crippen LogP contribution in [0.3, 0.4) is 0 Å². The van der Waals surface area contributed by atoms with Gasteiger partial charge in [-0.15, -0.1) is 0 Å². The van der Waals surface area contributed by atoms with Gasteiger partial charge in [0.25, 0.3) is 0 Å². The Morgan fingerprint density at radius 1 is 0.900 bits per heavy atom. The summed E-state index contributed by atoms with van der Waals surface area (Å²) < 4.78 is 0.144. The first kappa shape index (κ1) is 14.6. The molecule has 2 nitrogen and oxygen atoms in total. The Bertz CT molecular complexity index is 615. The van der Waals surface area contributed by atoms with Crippen LogP contribution in [0.4, 0.5) is 5.69 Å². The fourth-order valence-electron chi connectivity index (χ4n) is 1.74. The van der Waals surface area contributed by atoms with E-state index in [-0.39, 0.29) is 4.49 Å². The van der Waals surface area contributed by atoms with Gasteiger partial charge in [-0.3, -0.25) is 0 Å². The van der Waals surface area contributed by atoms with Gasteiger partial charge >= 0.3 is 0 Å². The number of nitrogens with zero attached hydrogens (tertiary/aromatic N) is 1. The molecule has 0 atom stereocenters. The van der Waals surface area contributed by atoms with Crippen molar-refractivity contribution in [3.63, 3.8) is 0 Å². The third-order valence-corrected chi connectivity index (χ3v) is 2.96. The van der Waals surface area contributed by atoms with E-state index in [0.717, 1.165) is 11.3 Å². The predicted octanol–water partition coefficient (Wildman–Crippen LogP) is 5.32. The minimum atomic E-state index is 0.144. The first-order chi connectivity index (χ1) is 9.66. The molecule has 0 radical (unpaired) electrons. The maximum Gasteiger partial charge on any atom is 0.133 e. The summed E-state index contributed by atoms with van der Waals surface area (Å²) in [5, 5.41) is 3.20. The molecule has 0 unspecified atom stereocenters. The second-order valence-electron chi connectivity index (χ2n) is 4.16. The minimum absolute atomic E-state index is 0.144. The second kappa shape index (κ2) is 7.13. The first-order valence-corrected chi connectivity index (χ1v) is 6.90. The van der Waals surface area contributed by atoms with Gasteiger partial charge in [-0.05, 0) is 19.1 Å². The number of aliphatic imine (C=N–C) groups is 1. The van der Waals surface area contributed by atoms with Crippen LogP contribution in [0.1, 0.15) is 12.5 Å². The highest BCUT2D eigenvalue weighted by Crippen LogP contribution is 2.25. The van der Waals surface area contributed by atoms with Crippen molar-refractivity contribution >= 4 is 40.4 Å². The van der Waals surface area contributed by atoms with E-state index in [0.29, 0.717) is 11.5 Å². The number of rotatable bonds is 3. The van der Waals surface area contributed by atoms with Gasteiger partial charge in [-0.25, -0.2) is 4.99 Å². The Morgan fingerprint density at radius 3 is 2.00 bits per heavy atom. The highest BCUT2D eigenvalue weighted by molar-refractivity contribution is 6.58. The van der Waals surface area contributed by atoms with Crippen LogP contribution in [0.2, 0.25) is 0 Å². The van der Waals surface area contributed by atoms with Crippen LogP contribution in [-0.2, 0) is 0 Å². The molecule has 4 heteroatoms. The normalized spacial score (nSPS) is 11.1. The van der Waals surface area contributed by atoms with Crippen molar-refractivity contribution in [1.82, 2.24) is 0 Å². The lowest BCUT2D eigenvalue weighted by Crippen LogP contribution is -2.07. The van der Waals surface area contributed by atoms with Crippen LogP contribution >= 0.6 is 23.2 Å². The fourth-order valence-corrected chi connectivity index (χ4v) is 2.04. The Kier molecular flexibility index (Phi) is 5.22. The summed E-state index contributed by atoms with van der Waals surface area (Å²) in [7, 11) is 0. The van der Waals surface area contributed by atoms with Crippen molar-refractivity contribution in [2.45, 2.75) is 6.92 Å². The van der Waals surface area contributed by atoms with Crippen molar-refractivity contribution in [3.05, 3.63) is 70.7 Å². The Hall–Kier alpha value is -1.77. The third-order valence-electron chi connectivity index (χ3n) is 2.60. The van der Waals surface area contributed by atoms with Gasteiger partial charge in [0.15, 0.2) is 0 Å². The summed E-state index contributed by atoms with van der Waals surface area (Å²) in [6.07, 6.45) is 0. The van der Waals surface area contributed by atoms with Gasteiger partial charge in [0, 0.05) is 11.3 Å². The van der Waals surface area contributed by atoms with Crippen molar-refractivity contribution in [3.8, 4) is 0 Å². The molecule has 2 aromatic rings. The Morgan fingerprint density at radius 2 is 1.45 bits per heavy atom. The average molecular weight is 305 g/mol. The quantitative estimate of drug-likeness (QED) is 0.602. The van der Waals surface area contributed by atoms with Crippen molar-refractivity contribution in [1.29, 1.82) is 0 Å². The van der Waals surface area contributed by atoms with E-state index >= 15 is 0 Å².